The molecule has 1 atom stereocenters. The van der Waals surface area contributed by atoms with Crippen LogP contribution in [0.3, 0.4) is 0 Å². The highest BCUT2D eigenvalue weighted by atomic mass is 16.4. The first kappa shape index (κ1) is 18.2. The van der Waals surface area contributed by atoms with Crippen LogP contribution in [0.4, 0.5) is 0 Å². The first-order valence-corrected chi connectivity index (χ1v) is 7.72. The lowest BCUT2D eigenvalue weighted by atomic mass is 9.90. The Balaban J connectivity index is 2.51. The summed E-state index contributed by atoms with van der Waals surface area (Å²) < 4.78 is 0. The minimum absolute atomic E-state index is 0.0783. The predicted octanol–water partition coefficient (Wildman–Crippen LogP) is 3.18. The molecule has 0 spiro atoms. The van der Waals surface area contributed by atoms with Gasteiger partial charge in [-0.25, -0.2) is 0 Å². The summed E-state index contributed by atoms with van der Waals surface area (Å²) in [5, 5.41) is 12.1. The Bertz CT molecular complexity index is 517. The fourth-order valence-corrected chi connectivity index (χ4v) is 2.18. The molecule has 1 amide bonds. The molecule has 0 aliphatic rings. The number of amides is 1. The lowest BCUT2D eigenvalue weighted by Gasteiger charge is -2.18. The van der Waals surface area contributed by atoms with Gasteiger partial charge in [-0.15, -0.1) is 0 Å². The monoisotopic (exact) mass is 305 g/mol. The number of hydrogen-bond donors (Lipinski definition) is 2. The Kier molecular flexibility index (Phi) is 6.60. The van der Waals surface area contributed by atoms with E-state index in [1.807, 2.05) is 31.2 Å². The van der Waals surface area contributed by atoms with E-state index in [0.29, 0.717) is 12.8 Å². The highest BCUT2D eigenvalue weighted by molar-refractivity contribution is 5.77. The van der Waals surface area contributed by atoms with Crippen LogP contribution in [0.2, 0.25) is 0 Å². The summed E-state index contributed by atoms with van der Waals surface area (Å²) in [7, 11) is 0. The first-order chi connectivity index (χ1) is 10.2. The third-order valence-electron chi connectivity index (χ3n) is 3.56. The third kappa shape index (κ3) is 7.25. The highest BCUT2D eigenvalue weighted by Crippen LogP contribution is 2.20. The van der Waals surface area contributed by atoms with Gasteiger partial charge in [0.25, 0.3) is 0 Å². The number of carboxylic acids is 1. The Hall–Kier alpha value is -1.84. The number of aliphatic carboxylic acids is 1. The van der Waals surface area contributed by atoms with E-state index in [1.54, 1.807) is 0 Å². The molecule has 1 aromatic carbocycles. The fourth-order valence-electron chi connectivity index (χ4n) is 2.18. The number of aryl methyl sites for hydroxylation is 1. The Labute approximate surface area is 132 Å². The SMILES string of the molecule is Cc1cccc(CC(CNC(=O)CCC(C)(C)C)C(=O)O)c1. The molecule has 122 valence electrons. The van der Waals surface area contributed by atoms with Gasteiger partial charge in [0.05, 0.1) is 5.92 Å². The maximum atomic E-state index is 11.8. The molecule has 0 heterocycles. The van der Waals surface area contributed by atoms with Gasteiger partial charge < -0.3 is 10.4 Å². The van der Waals surface area contributed by atoms with E-state index in [2.05, 4.69) is 26.1 Å². The van der Waals surface area contributed by atoms with E-state index in [0.717, 1.165) is 17.5 Å². The molecular formula is C18H27NO3. The van der Waals surface area contributed by atoms with Gasteiger partial charge in [-0.2, -0.15) is 0 Å². The quantitative estimate of drug-likeness (QED) is 0.813. The van der Waals surface area contributed by atoms with Crippen LogP contribution in [0, 0.1) is 18.3 Å². The minimum atomic E-state index is -0.877. The van der Waals surface area contributed by atoms with Crippen LogP contribution in [0.1, 0.15) is 44.7 Å². The summed E-state index contributed by atoms with van der Waals surface area (Å²) in [6.45, 7) is 8.40. The number of carboxylic acid groups (broad SMARTS) is 1. The van der Waals surface area contributed by atoms with Gasteiger partial charge in [0.15, 0.2) is 0 Å². The van der Waals surface area contributed by atoms with Crippen molar-refractivity contribution in [1.82, 2.24) is 5.32 Å². The van der Waals surface area contributed by atoms with Gasteiger partial charge in [0.2, 0.25) is 5.91 Å². The van der Waals surface area contributed by atoms with E-state index in [9.17, 15) is 14.7 Å². The normalized spacial score (nSPS) is 12.7. The standard InChI is InChI=1S/C18H27NO3/c1-13-6-5-7-14(10-13)11-15(17(21)22)12-19-16(20)8-9-18(2,3)4/h5-7,10,15H,8-9,11-12H2,1-4H3,(H,19,20)(H,21,22). The third-order valence-corrected chi connectivity index (χ3v) is 3.56. The van der Waals surface area contributed by atoms with Crippen molar-refractivity contribution in [1.29, 1.82) is 0 Å². The van der Waals surface area contributed by atoms with Crippen LogP contribution in [-0.4, -0.2) is 23.5 Å². The maximum absolute atomic E-state index is 11.8. The largest absolute Gasteiger partial charge is 0.481 e. The number of rotatable bonds is 7. The van der Waals surface area contributed by atoms with Crippen molar-refractivity contribution in [2.24, 2.45) is 11.3 Å². The van der Waals surface area contributed by atoms with Crippen molar-refractivity contribution in [3.8, 4) is 0 Å². The average molecular weight is 305 g/mol. The van der Waals surface area contributed by atoms with E-state index < -0.39 is 11.9 Å². The number of carbonyl (C=O) groups is 2. The summed E-state index contributed by atoms with van der Waals surface area (Å²) in [4.78, 5) is 23.2. The topological polar surface area (TPSA) is 66.4 Å². The molecule has 0 radical (unpaired) electrons. The van der Waals surface area contributed by atoms with Crippen LogP contribution in [0.25, 0.3) is 0 Å². The number of benzene rings is 1. The van der Waals surface area contributed by atoms with Gasteiger partial charge in [0, 0.05) is 13.0 Å². The van der Waals surface area contributed by atoms with E-state index in [4.69, 9.17) is 0 Å². The summed E-state index contributed by atoms with van der Waals surface area (Å²) in [5.74, 6) is -1.55. The lowest BCUT2D eigenvalue weighted by molar-refractivity contribution is -0.141. The summed E-state index contributed by atoms with van der Waals surface area (Å²) in [6, 6.07) is 7.81. The molecular weight excluding hydrogens is 278 g/mol. The molecule has 0 aliphatic carbocycles. The number of hydrogen-bond acceptors (Lipinski definition) is 2. The molecule has 2 N–H and O–H groups in total. The van der Waals surface area contributed by atoms with Crippen LogP contribution in [-0.2, 0) is 16.0 Å². The predicted molar refractivity (Wildman–Crippen MR) is 87.7 cm³/mol. The molecule has 22 heavy (non-hydrogen) atoms. The highest BCUT2D eigenvalue weighted by Gasteiger charge is 2.20. The summed E-state index contributed by atoms with van der Waals surface area (Å²) in [5.41, 5.74) is 2.19. The maximum Gasteiger partial charge on any atom is 0.308 e. The van der Waals surface area contributed by atoms with Crippen molar-refractivity contribution in [3.05, 3.63) is 35.4 Å². The zero-order valence-corrected chi connectivity index (χ0v) is 14.0. The Morgan fingerprint density at radius 1 is 1.27 bits per heavy atom. The number of carbonyl (C=O) groups excluding carboxylic acids is 1. The lowest BCUT2D eigenvalue weighted by Crippen LogP contribution is -2.34. The molecule has 0 saturated heterocycles. The summed E-state index contributed by atoms with van der Waals surface area (Å²) >= 11 is 0. The average Bonchev–Trinajstić information content (AvgIpc) is 2.40. The van der Waals surface area contributed by atoms with Crippen LogP contribution >= 0.6 is 0 Å². The second kappa shape index (κ2) is 7.97. The van der Waals surface area contributed by atoms with Gasteiger partial charge in [-0.3, -0.25) is 9.59 Å². The van der Waals surface area contributed by atoms with Gasteiger partial charge in [-0.05, 0) is 30.7 Å². The molecule has 0 saturated carbocycles. The smallest absolute Gasteiger partial charge is 0.308 e. The molecule has 0 aromatic heterocycles. The Morgan fingerprint density at radius 2 is 1.95 bits per heavy atom. The second-order valence-electron chi connectivity index (χ2n) is 7.09. The van der Waals surface area contributed by atoms with E-state index >= 15 is 0 Å². The first-order valence-electron chi connectivity index (χ1n) is 7.72. The van der Waals surface area contributed by atoms with Crippen molar-refractivity contribution in [2.75, 3.05) is 6.54 Å². The van der Waals surface area contributed by atoms with E-state index in [-0.39, 0.29) is 17.9 Å². The molecule has 4 nitrogen and oxygen atoms in total. The zero-order chi connectivity index (χ0) is 16.8. The van der Waals surface area contributed by atoms with Crippen molar-refractivity contribution in [2.45, 2.75) is 47.0 Å². The van der Waals surface area contributed by atoms with Gasteiger partial charge in [0.1, 0.15) is 0 Å². The van der Waals surface area contributed by atoms with Crippen LogP contribution in [0.5, 0.6) is 0 Å². The second-order valence-corrected chi connectivity index (χ2v) is 7.09. The fraction of sp³-hybridized carbons (Fsp3) is 0.556. The molecule has 4 heteroatoms. The Morgan fingerprint density at radius 3 is 2.50 bits per heavy atom. The molecule has 1 rings (SSSR count). The van der Waals surface area contributed by atoms with Crippen LogP contribution in [0.15, 0.2) is 24.3 Å². The van der Waals surface area contributed by atoms with E-state index in [1.165, 1.54) is 0 Å². The zero-order valence-electron chi connectivity index (χ0n) is 14.0. The van der Waals surface area contributed by atoms with Crippen molar-refractivity contribution >= 4 is 11.9 Å². The molecule has 0 fully saturated rings. The van der Waals surface area contributed by atoms with Gasteiger partial charge >= 0.3 is 5.97 Å². The molecule has 1 unspecified atom stereocenters. The molecule has 0 aliphatic heterocycles. The van der Waals surface area contributed by atoms with Crippen molar-refractivity contribution in [3.63, 3.8) is 0 Å². The van der Waals surface area contributed by atoms with Gasteiger partial charge in [-0.1, -0.05) is 50.6 Å². The van der Waals surface area contributed by atoms with Crippen LogP contribution < -0.4 is 5.32 Å². The minimum Gasteiger partial charge on any atom is -0.481 e. The number of nitrogens with one attached hydrogen (secondary N) is 1. The van der Waals surface area contributed by atoms with Crippen molar-refractivity contribution < 1.29 is 14.7 Å². The summed E-state index contributed by atoms with van der Waals surface area (Å²) in [6.07, 6.45) is 1.64. The molecule has 1 aromatic rings. The molecule has 0 bridgehead atoms.